The lowest BCUT2D eigenvalue weighted by Crippen LogP contribution is -2.52. The first kappa shape index (κ1) is 16.6. The van der Waals surface area contributed by atoms with Gasteiger partial charge < -0.3 is 15.3 Å². The van der Waals surface area contributed by atoms with E-state index in [1.54, 1.807) is 16.7 Å². The molecule has 2 saturated heterocycles. The van der Waals surface area contributed by atoms with Gasteiger partial charge in [-0.25, -0.2) is 4.79 Å². The number of carboxylic acid groups (broad SMARTS) is 1. The number of aliphatic carboxylic acids is 1. The Hall–Kier alpha value is -0.750. The van der Waals surface area contributed by atoms with Crippen molar-refractivity contribution in [3.05, 3.63) is 0 Å². The zero-order chi connectivity index (χ0) is 15.5. The molecule has 2 N–H and O–H groups in total. The van der Waals surface area contributed by atoms with Crippen molar-refractivity contribution < 1.29 is 14.7 Å². The highest BCUT2D eigenvalue weighted by molar-refractivity contribution is 8.00. The van der Waals surface area contributed by atoms with Crippen molar-refractivity contribution in [2.24, 2.45) is 5.41 Å². The lowest BCUT2D eigenvalue weighted by Gasteiger charge is -2.36. The molecule has 21 heavy (non-hydrogen) atoms. The Bertz CT molecular complexity index is 396. The van der Waals surface area contributed by atoms with Gasteiger partial charge in [0.2, 0.25) is 5.91 Å². The standard InChI is InChI=1S/C15H26N2O3S/c1-3-5-12-17(11(9-21-12)13(18)19)14(20)15(6-4-2)7-8-16-10-15/h11-12,16H,3-10H2,1-2H3,(H,18,19). The molecule has 0 saturated carbocycles. The highest BCUT2D eigenvalue weighted by atomic mass is 32.2. The maximum Gasteiger partial charge on any atom is 0.327 e. The molecule has 0 aromatic rings. The van der Waals surface area contributed by atoms with Crippen LogP contribution in [0.1, 0.15) is 46.0 Å². The monoisotopic (exact) mass is 314 g/mol. The van der Waals surface area contributed by atoms with Crippen molar-refractivity contribution >= 4 is 23.6 Å². The molecule has 120 valence electrons. The number of amides is 1. The molecule has 6 heteroatoms. The Morgan fingerprint density at radius 1 is 1.38 bits per heavy atom. The Morgan fingerprint density at radius 2 is 2.14 bits per heavy atom. The third-order valence-electron chi connectivity index (χ3n) is 4.57. The predicted octanol–water partition coefficient (Wildman–Crippen LogP) is 1.92. The molecule has 2 heterocycles. The molecule has 3 atom stereocenters. The molecule has 5 nitrogen and oxygen atoms in total. The maximum atomic E-state index is 13.2. The Morgan fingerprint density at radius 3 is 2.67 bits per heavy atom. The third-order valence-corrected chi connectivity index (χ3v) is 5.93. The van der Waals surface area contributed by atoms with E-state index in [2.05, 4.69) is 19.2 Å². The van der Waals surface area contributed by atoms with Gasteiger partial charge in [0.15, 0.2) is 0 Å². The second-order valence-corrected chi connectivity index (χ2v) is 7.31. The minimum Gasteiger partial charge on any atom is -0.480 e. The van der Waals surface area contributed by atoms with E-state index in [0.717, 1.165) is 38.6 Å². The fourth-order valence-corrected chi connectivity index (χ4v) is 5.01. The topological polar surface area (TPSA) is 69.6 Å². The Balaban J connectivity index is 2.24. The number of thioether (sulfide) groups is 1. The summed E-state index contributed by atoms with van der Waals surface area (Å²) in [6.45, 7) is 5.70. The van der Waals surface area contributed by atoms with Crippen LogP contribution in [0.4, 0.5) is 0 Å². The van der Waals surface area contributed by atoms with E-state index < -0.39 is 12.0 Å². The molecule has 2 fully saturated rings. The first-order valence-electron chi connectivity index (χ1n) is 7.93. The van der Waals surface area contributed by atoms with Gasteiger partial charge in [-0.15, -0.1) is 11.8 Å². The van der Waals surface area contributed by atoms with E-state index in [1.807, 2.05) is 0 Å². The Kier molecular flexibility index (Phi) is 5.54. The van der Waals surface area contributed by atoms with Gasteiger partial charge in [-0.2, -0.15) is 0 Å². The normalized spacial score (nSPS) is 32.6. The smallest absolute Gasteiger partial charge is 0.327 e. The maximum absolute atomic E-state index is 13.2. The van der Waals surface area contributed by atoms with Gasteiger partial charge in [0.1, 0.15) is 6.04 Å². The van der Waals surface area contributed by atoms with E-state index in [4.69, 9.17) is 0 Å². The van der Waals surface area contributed by atoms with Crippen LogP contribution in [0, 0.1) is 5.41 Å². The predicted molar refractivity (Wildman–Crippen MR) is 84.3 cm³/mol. The molecule has 0 radical (unpaired) electrons. The summed E-state index contributed by atoms with van der Waals surface area (Å²) < 4.78 is 0. The highest BCUT2D eigenvalue weighted by Crippen LogP contribution is 2.40. The van der Waals surface area contributed by atoms with Crippen LogP contribution < -0.4 is 5.32 Å². The van der Waals surface area contributed by atoms with Crippen LogP contribution in [0.25, 0.3) is 0 Å². The average molecular weight is 314 g/mol. The number of carbonyl (C=O) groups is 2. The van der Waals surface area contributed by atoms with E-state index in [9.17, 15) is 14.7 Å². The number of carboxylic acids is 1. The summed E-state index contributed by atoms with van der Waals surface area (Å²) >= 11 is 1.62. The molecule has 3 unspecified atom stereocenters. The molecular weight excluding hydrogens is 288 g/mol. The molecule has 0 aromatic heterocycles. The van der Waals surface area contributed by atoms with Crippen molar-refractivity contribution in [3.8, 4) is 0 Å². The summed E-state index contributed by atoms with van der Waals surface area (Å²) in [4.78, 5) is 26.4. The second kappa shape index (κ2) is 7.01. The number of rotatable bonds is 6. The molecule has 2 aliphatic heterocycles. The quantitative estimate of drug-likeness (QED) is 0.784. The van der Waals surface area contributed by atoms with E-state index in [1.165, 1.54) is 0 Å². The number of nitrogens with one attached hydrogen (secondary N) is 1. The molecule has 0 aromatic carbocycles. The lowest BCUT2D eigenvalue weighted by molar-refractivity contribution is -0.154. The minimum absolute atomic E-state index is 0.0259. The van der Waals surface area contributed by atoms with Gasteiger partial charge >= 0.3 is 5.97 Å². The van der Waals surface area contributed by atoms with Gasteiger partial charge in [-0.1, -0.05) is 26.7 Å². The summed E-state index contributed by atoms with van der Waals surface area (Å²) in [6.07, 6.45) is 4.45. The van der Waals surface area contributed by atoms with Gasteiger partial charge in [0.05, 0.1) is 10.8 Å². The fourth-order valence-electron chi connectivity index (χ4n) is 3.49. The second-order valence-electron chi connectivity index (χ2n) is 6.10. The van der Waals surface area contributed by atoms with Gasteiger partial charge in [0, 0.05) is 12.3 Å². The summed E-state index contributed by atoms with van der Waals surface area (Å²) in [7, 11) is 0. The minimum atomic E-state index is -0.868. The Labute approximate surface area is 130 Å². The molecule has 0 aliphatic carbocycles. The van der Waals surface area contributed by atoms with Crippen LogP contribution in [0.15, 0.2) is 0 Å². The molecule has 1 amide bonds. The van der Waals surface area contributed by atoms with Gasteiger partial charge in [-0.05, 0) is 25.8 Å². The van der Waals surface area contributed by atoms with Crippen LogP contribution in [-0.4, -0.2) is 52.1 Å². The van der Waals surface area contributed by atoms with Gasteiger partial charge in [0.25, 0.3) is 0 Å². The fraction of sp³-hybridized carbons (Fsp3) is 0.867. The number of nitrogens with zero attached hydrogens (tertiary/aromatic N) is 1. The molecular formula is C15H26N2O3S. The first-order valence-corrected chi connectivity index (χ1v) is 8.98. The van der Waals surface area contributed by atoms with Crippen molar-refractivity contribution in [3.63, 3.8) is 0 Å². The number of carbonyl (C=O) groups excluding carboxylic acids is 1. The SMILES string of the molecule is CCCC1SCC(C(=O)O)N1C(=O)C1(CCC)CCNC1. The van der Waals surface area contributed by atoms with Crippen LogP contribution in [0.5, 0.6) is 0 Å². The zero-order valence-electron chi connectivity index (χ0n) is 12.9. The van der Waals surface area contributed by atoms with Crippen molar-refractivity contribution in [2.75, 3.05) is 18.8 Å². The largest absolute Gasteiger partial charge is 0.480 e. The number of hydrogen-bond acceptors (Lipinski definition) is 4. The van der Waals surface area contributed by atoms with Crippen LogP contribution in [0.3, 0.4) is 0 Å². The third kappa shape index (κ3) is 3.21. The zero-order valence-corrected chi connectivity index (χ0v) is 13.7. The first-order chi connectivity index (χ1) is 10.1. The number of hydrogen-bond donors (Lipinski definition) is 2. The van der Waals surface area contributed by atoms with Crippen LogP contribution in [0.2, 0.25) is 0 Å². The van der Waals surface area contributed by atoms with E-state index in [-0.39, 0.29) is 16.7 Å². The average Bonchev–Trinajstić information content (AvgIpc) is 3.06. The molecule has 2 aliphatic rings. The van der Waals surface area contributed by atoms with Crippen molar-refractivity contribution in [2.45, 2.75) is 57.4 Å². The lowest BCUT2D eigenvalue weighted by atomic mass is 9.80. The van der Waals surface area contributed by atoms with E-state index >= 15 is 0 Å². The van der Waals surface area contributed by atoms with Gasteiger partial charge in [-0.3, -0.25) is 4.79 Å². The summed E-state index contributed by atoms with van der Waals surface area (Å²) in [5, 5.41) is 12.8. The summed E-state index contributed by atoms with van der Waals surface area (Å²) in [6, 6.07) is -0.659. The molecule has 0 bridgehead atoms. The molecule has 0 spiro atoms. The summed E-state index contributed by atoms with van der Waals surface area (Å²) in [5.74, 6) is -0.293. The summed E-state index contributed by atoms with van der Waals surface area (Å²) in [5.41, 5.74) is -0.390. The van der Waals surface area contributed by atoms with Crippen LogP contribution >= 0.6 is 11.8 Å². The van der Waals surface area contributed by atoms with E-state index in [0.29, 0.717) is 12.3 Å². The highest BCUT2D eigenvalue weighted by Gasteiger charge is 2.50. The van der Waals surface area contributed by atoms with Crippen LogP contribution in [-0.2, 0) is 9.59 Å². The van der Waals surface area contributed by atoms with Crippen molar-refractivity contribution in [1.29, 1.82) is 0 Å². The van der Waals surface area contributed by atoms with Crippen molar-refractivity contribution in [1.82, 2.24) is 10.2 Å². The molecule has 2 rings (SSSR count).